The molecule has 2 rings (SSSR count). The largest absolute Gasteiger partial charge is 0.382 e. The van der Waals surface area contributed by atoms with Gasteiger partial charge in [0.2, 0.25) is 0 Å². The first-order chi connectivity index (χ1) is 13.4. The molecule has 0 spiro atoms. The topological polar surface area (TPSA) is 61.8 Å². The summed E-state index contributed by atoms with van der Waals surface area (Å²) in [6.07, 6.45) is -0.0448. The average Bonchev–Trinajstić information content (AvgIpc) is 2.71. The number of rotatable bonds is 11. The van der Waals surface area contributed by atoms with Crippen molar-refractivity contribution in [2.75, 3.05) is 26.9 Å². The Labute approximate surface area is 166 Å². The first-order valence-electron chi connectivity index (χ1n) is 9.35. The van der Waals surface area contributed by atoms with Gasteiger partial charge in [-0.2, -0.15) is 0 Å². The predicted molar refractivity (Wildman–Crippen MR) is 108 cm³/mol. The van der Waals surface area contributed by atoms with Crippen LogP contribution >= 0.6 is 0 Å². The molecule has 1 atom stereocenters. The number of carbonyl (C=O) groups is 2. The van der Waals surface area contributed by atoms with Crippen LogP contribution in [0.5, 0.6) is 0 Å². The van der Waals surface area contributed by atoms with Gasteiger partial charge in [-0.15, -0.1) is 0 Å². The number of hydrogen-bond acceptors (Lipinski definition) is 5. The van der Waals surface area contributed by atoms with E-state index in [9.17, 15) is 9.59 Å². The standard InChI is InChI=1S/C23H28O5/c1-17(16-26-4)27-14-15-28-23(2,3)22(25)20-13-9-8-12-19(20)21(24)18-10-6-5-7-11-18/h5-13,17H,14-16H2,1-4H3. The van der Waals surface area contributed by atoms with Crippen LogP contribution in [-0.2, 0) is 14.2 Å². The molecule has 0 bridgehead atoms. The number of methoxy groups -OCH3 is 1. The van der Waals surface area contributed by atoms with Crippen molar-refractivity contribution in [2.24, 2.45) is 0 Å². The SMILES string of the molecule is COCC(C)OCCOC(C)(C)C(=O)c1ccccc1C(=O)c1ccccc1. The van der Waals surface area contributed by atoms with Crippen molar-refractivity contribution in [1.29, 1.82) is 0 Å². The fraction of sp³-hybridized carbons (Fsp3) is 0.391. The highest BCUT2D eigenvalue weighted by Crippen LogP contribution is 2.22. The van der Waals surface area contributed by atoms with E-state index in [1.165, 1.54) is 0 Å². The molecule has 150 valence electrons. The zero-order valence-electron chi connectivity index (χ0n) is 16.9. The van der Waals surface area contributed by atoms with Gasteiger partial charge >= 0.3 is 0 Å². The minimum absolute atomic E-state index is 0.0448. The molecule has 2 aromatic carbocycles. The van der Waals surface area contributed by atoms with Gasteiger partial charge in [-0.05, 0) is 20.8 Å². The van der Waals surface area contributed by atoms with Gasteiger partial charge < -0.3 is 14.2 Å². The van der Waals surface area contributed by atoms with E-state index in [1.807, 2.05) is 13.0 Å². The fourth-order valence-electron chi connectivity index (χ4n) is 2.84. The first-order valence-corrected chi connectivity index (χ1v) is 9.35. The van der Waals surface area contributed by atoms with Crippen molar-refractivity contribution in [2.45, 2.75) is 32.5 Å². The predicted octanol–water partition coefficient (Wildman–Crippen LogP) is 3.95. The van der Waals surface area contributed by atoms with Crippen molar-refractivity contribution in [3.63, 3.8) is 0 Å². The lowest BCUT2D eigenvalue weighted by atomic mass is 9.90. The van der Waals surface area contributed by atoms with Crippen molar-refractivity contribution < 1.29 is 23.8 Å². The van der Waals surface area contributed by atoms with E-state index >= 15 is 0 Å². The molecule has 0 aromatic heterocycles. The van der Waals surface area contributed by atoms with E-state index in [0.29, 0.717) is 29.9 Å². The Bertz CT molecular complexity index is 783. The molecule has 0 radical (unpaired) electrons. The van der Waals surface area contributed by atoms with E-state index < -0.39 is 5.60 Å². The lowest BCUT2D eigenvalue weighted by Crippen LogP contribution is -2.37. The quantitative estimate of drug-likeness (QED) is 0.434. The second-order valence-corrected chi connectivity index (χ2v) is 7.07. The van der Waals surface area contributed by atoms with Crippen molar-refractivity contribution in [1.82, 2.24) is 0 Å². The van der Waals surface area contributed by atoms with Crippen molar-refractivity contribution in [3.8, 4) is 0 Å². The molecule has 0 amide bonds. The molecule has 0 aliphatic rings. The van der Waals surface area contributed by atoms with Gasteiger partial charge in [0.1, 0.15) is 5.60 Å². The highest BCUT2D eigenvalue weighted by Gasteiger charge is 2.32. The van der Waals surface area contributed by atoms with Gasteiger partial charge in [-0.3, -0.25) is 9.59 Å². The van der Waals surface area contributed by atoms with E-state index in [-0.39, 0.29) is 24.3 Å². The molecule has 28 heavy (non-hydrogen) atoms. The van der Waals surface area contributed by atoms with Crippen LogP contribution in [0.25, 0.3) is 0 Å². The normalized spacial score (nSPS) is 12.6. The Hall–Kier alpha value is -2.34. The highest BCUT2D eigenvalue weighted by molar-refractivity contribution is 6.17. The lowest BCUT2D eigenvalue weighted by molar-refractivity contribution is -0.0548. The molecule has 5 nitrogen and oxygen atoms in total. The molecule has 0 aliphatic carbocycles. The van der Waals surface area contributed by atoms with Gasteiger partial charge in [-0.25, -0.2) is 0 Å². The zero-order valence-corrected chi connectivity index (χ0v) is 16.9. The molecule has 0 N–H and O–H groups in total. The average molecular weight is 384 g/mol. The van der Waals surface area contributed by atoms with Crippen LogP contribution < -0.4 is 0 Å². The van der Waals surface area contributed by atoms with Crippen molar-refractivity contribution >= 4 is 11.6 Å². The zero-order chi connectivity index (χ0) is 20.6. The Morgan fingerprint density at radius 1 is 0.929 bits per heavy atom. The molecule has 1 unspecified atom stereocenters. The second-order valence-electron chi connectivity index (χ2n) is 7.07. The molecule has 0 saturated carbocycles. The fourth-order valence-corrected chi connectivity index (χ4v) is 2.84. The van der Waals surface area contributed by atoms with E-state index in [2.05, 4.69) is 0 Å². The molecule has 0 heterocycles. The summed E-state index contributed by atoms with van der Waals surface area (Å²) in [5.41, 5.74) is 0.193. The summed E-state index contributed by atoms with van der Waals surface area (Å²) in [5, 5.41) is 0. The lowest BCUT2D eigenvalue weighted by Gasteiger charge is -2.25. The van der Waals surface area contributed by atoms with Crippen LogP contribution in [0.1, 0.15) is 47.1 Å². The van der Waals surface area contributed by atoms with Crippen molar-refractivity contribution in [3.05, 3.63) is 71.3 Å². The number of carbonyl (C=O) groups excluding carboxylic acids is 2. The molecule has 2 aromatic rings. The van der Waals surface area contributed by atoms with Gasteiger partial charge in [0.25, 0.3) is 0 Å². The minimum atomic E-state index is -1.08. The summed E-state index contributed by atoms with van der Waals surface area (Å²) >= 11 is 0. The van der Waals surface area contributed by atoms with Gasteiger partial charge in [0.05, 0.1) is 25.9 Å². The molecule has 0 saturated heterocycles. The molecule has 0 aliphatic heterocycles. The molecule has 5 heteroatoms. The first kappa shape index (κ1) is 22.0. The van der Waals surface area contributed by atoms with Gasteiger partial charge in [-0.1, -0.05) is 54.6 Å². The van der Waals surface area contributed by atoms with Crippen LogP contribution in [0.4, 0.5) is 0 Å². The second kappa shape index (κ2) is 10.3. The third-order valence-electron chi connectivity index (χ3n) is 4.35. The van der Waals surface area contributed by atoms with Crippen LogP contribution in [0.3, 0.4) is 0 Å². The number of ether oxygens (including phenoxy) is 3. The van der Waals surface area contributed by atoms with Crippen LogP contribution in [-0.4, -0.2) is 50.2 Å². The summed E-state index contributed by atoms with van der Waals surface area (Å²) in [4.78, 5) is 26.0. The molecular weight excluding hydrogens is 356 g/mol. The Balaban J connectivity index is 2.09. The Morgan fingerprint density at radius 3 is 2.18 bits per heavy atom. The van der Waals surface area contributed by atoms with Gasteiger partial charge in [0.15, 0.2) is 11.6 Å². The van der Waals surface area contributed by atoms with Gasteiger partial charge in [0, 0.05) is 23.8 Å². The van der Waals surface area contributed by atoms with E-state index in [4.69, 9.17) is 14.2 Å². The maximum absolute atomic E-state index is 13.1. The third-order valence-corrected chi connectivity index (χ3v) is 4.35. The van der Waals surface area contributed by atoms with Crippen LogP contribution in [0.15, 0.2) is 54.6 Å². The number of Topliss-reactive ketones (excluding diaryl/α,β-unsaturated/α-hetero) is 1. The summed E-state index contributed by atoms with van der Waals surface area (Å²) in [7, 11) is 1.62. The smallest absolute Gasteiger partial charge is 0.194 e. The summed E-state index contributed by atoms with van der Waals surface area (Å²) in [5.74, 6) is -0.422. The molecule has 0 fully saturated rings. The monoisotopic (exact) mass is 384 g/mol. The maximum Gasteiger partial charge on any atom is 0.194 e. The number of hydrogen-bond donors (Lipinski definition) is 0. The summed E-state index contributed by atoms with van der Waals surface area (Å²) < 4.78 is 16.4. The van der Waals surface area contributed by atoms with Crippen LogP contribution in [0.2, 0.25) is 0 Å². The van der Waals surface area contributed by atoms with E-state index in [1.54, 1.807) is 69.5 Å². The number of ketones is 2. The van der Waals surface area contributed by atoms with E-state index in [0.717, 1.165) is 0 Å². The molecular formula is C23H28O5. The highest BCUT2D eigenvalue weighted by atomic mass is 16.6. The Kier molecular flexibility index (Phi) is 8.05. The summed E-state index contributed by atoms with van der Waals surface area (Å²) in [6.45, 7) is 6.44. The Morgan fingerprint density at radius 2 is 1.54 bits per heavy atom. The van der Waals surface area contributed by atoms with Crippen LogP contribution in [0, 0.1) is 0 Å². The maximum atomic E-state index is 13.1. The third kappa shape index (κ3) is 5.83. The minimum Gasteiger partial charge on any atom is -0.382 e. The summed E-state index contributed by atoms with van der Waals surface area (Å²) in [6, 6.07) is 15.8. The number of benzene rings is 2.